The van der Waals surface area contributed by atoms with E-state index in [1.54, 1.807) is 6.08 Å². The molecular formula is C8H17N5. The largest absolute Gasteiger partial charge is 0.359 e. The van der Waals surface area contributed by atoms with Crippen LogP contribution in [0.15, 0.2) is 17.8 Å². The lowest BCUT2D eigenvalue weighted by atomic mass is 10.4. The fourth-order valence-electron chi connectivity index (χ4n) is 1.07. The van der Waals surface area contributed by atoms with Crippen LogP contribution in [0.5, 0.6) is 0 Å². The molecule has 1 aliphatic rings. The fraction of sp³-hybridized carbons (Fsp3) is 0.625. The minimum absolute atomic E-state index is 0.707. The van der Waals surface area contributed by atoms with E-state index >= 15 is 0 Å². The highest BCUT2D eigenvalue weighted by Gasteiger charge is 2.03. The molecule has 74 valence electrons. The molecule has 5 heteroatoms. The quantitative estimate of drug-likeness (QED) is 0.170. The summed E-state index contributed by atoms with van der Waals surface area (Å²) in [5, 5.41) is 7.27. The van der Waals surface area contributed by atoms with Crippen molar-refractivity contribution in [3.63, 3.8) is 0 Å². The van der Waals surface area contributed by atoms with E-state index in [-0.39, 0.29) is 0 Å². The number of piperazine rings is 1. The first-order valence-electron chi connectivity index (χ1n) is 4.50. The molecule has 1 aliphatic heterocycles. The van der Waals surface area contributed by atoms with Gasteiger partial charge in [-0.1, -0.05) is 6.08 Å². The Kier molecular flexibility index (Phi) is 4.97. The van der Waals surface area contributed by atoms with Crippen molar-refractivity contribution in [1.82, 2.24) is 21.2 Å². The molecule has 5 nitrogen and oxygen atoms in total. The second-order valence-electron chi connectivity index (χ2n) is 2.81. The Balaban J connectivity index is 2.04. The van der Waals surface area contributed by atoms with Crippen molar-refractivity contribution in [1.29, 1.82) is 0 Å². The second kappa shape index (κ2) is 6.45. The van der Waals surface area contributed by atoms with E-state index in [4.69, 9.17) is 0 Å². The number of nitrogens with zero attached hydrogens (tertiary/aromatic N) is 2. The zero-order valence-electron chi connectivity index (χ0n) is 7.79. The van der Waals surface area contributed by atoms with E-state index in [1.165, 1.54) is 0 Å². The number of hydrogen-bond donors (Lipinski definition) is 3. The zero-order valence-corrected chi connectivity index (χ0v) is 7.79. The predicted octanol–water partition coefficient (Wildman–Crippen LogP) is -0.885. The molecule has 1 rings (SSSR count). The molecule has 0 aromatic heterocycles. The predicted molar refractivity (Wildman–Crippen MR) is 54.3 cm³/mol. The minimum Gasteiger partial charge on any atom is -0.359 e. The fourth-order valence-corrected chi connectivity index (χ4v) is 1.07. The Bertz CT molecular complexity index is 162. The summed E-state index contributed by atoms with van der Waals surface area (Å²) < 4.78 is 0. The van der Waals surface area contributed by atoms with E-state index in [0.717, 1.165) is 26.2 Å². The molecule has 0 radical (unpaired) electrons. The van der Waals surface area contributed by atoms with E-state index in [1.807, 2.05) is 6.34 Å². The van der Waals surface area contributed by atoms with Gasteiger partial charge in [-0.2, -0.15) is 5.10 Å². The molecule has 1 heterocycles. The summed E-state index contributed by atoms with van der Waals surface area (Å²) in [6.45, 7) is 8.39. The lowest BCUT2D eigenvalue weighted by molar-refractivity contribution is 0.363. The van der Waals surface area contributed by atoms with Gasteiger partial charge in [-0.3, -0.25) is 0 Å². The van der Waals surface area contributed by atoms with Gasteiger partial charge in [-0.15, -0.1) is 6.58 Å². The summed E-state index contributed by atoms with van der Waals surface area (Å²) in [6.07, 6.45) is 3.59. The monoisotopic (exact) mass is 183 g/mol. The molecule has 0 saturated carbocycles. The Morgan fingerprint density at radius 2 is 2.23 bits per heavy atom. The molecule has 0 atom stereocenters. The van der Waals surface area contributed by atoms with Crippen LogP contribution < -0.4 is 16.3 Å². The summed E-state index contributed by atoms with van der Waals surface area (Å²) >= 11 is 0. The third kappa shape index (κ3) is 4.49. The molecule has 1 fully saturated rings. The van der Waals surface area contributed by atoms with Crippen LogP contribution in [-0.4, -0.2) is 44.0 Å². The third-order valence-electron chi connectivity index (χ3n) is 1.76. The molecule has 0 amide bonds. The van der Waals surface area contributed by atoms with Crippen molar-refractivity contribution in [3.05, 3.63) is 12.7 Å². The van der Waals surface area contributed by atoms with Gasteiger partial charge in [-0.05, 0) is 0 Å². The van der Waals surface area contributed by atoms with E-state index in [0.29, 0.717) is 6.54 Å². The van der Waals surface area contributed by atoms with E-state index < -0.39 is 0 Å². The first-order valence-corrected chi connectivity index (χ1v) is 4.50. The highest BCUT2D eigenvalue weighted by Crippen LogP contribution is 1.85. The maximum absolute atomic E-state index is 4.00. The Hall–Kier alpha value is -1.07. The van der Waals surface area contributed by atoms with Crippen LogP contribution in [0.25, 0.3) is 0 Å². The molecule has 0 aliphatic carbocycles. The van der Waals surface area contributed by atoms with Gasteiger partial charge < -0.3 is 10.2 Å². The summed E-state index contributed by atoms with van der Waals surface area (Å²) in [5.41, 5.74) is 5.59. The number of hydrazone groups is 1. The Morgan fingerprint density at radius 1 is 1.46 bits per heavy atom. The first kappa shape index (κ1) is 10.0. The molecule has 1 saturated heterocycles. The highest BCUT2D eigenvalue weighted by molar-refractivity contribution is 5.54. The average Bonchev–Trinajstić information content (AvgIpc) is 2.19. The second-order valence-corrected chi connectivity index (χ2v) is 2.81. The van der Waals surface area contributed by atoms with Crippen LogP contribution in [-0.2, 0) is 0 Å². The highest BCUT2D eigenvalue weighted by atomic mass is 15.6. The van der Waals surface area contributed by atoms with E-state index in [9.17, 15) is 0 Å². The summed E-state index contributed by atoms with van der Waals surface area (Å²) in [6, 6.07) is 0. The van der Waals surface area contributed by atoms with Crippen LogP contribution in [0.3, 0.4) is 0 Å². The van der Waals surface area contributed by atoms with Crippen molar-refractivity contribution in [2.75, 3.05) is 32.7 Å². The van der Waals surface area contributed by atoms with Crippen LogP contribution >= 0.6 is 0 Å². The third-order valence-corrected chi connectivity index (χ3v) is 1.76. The zero-order chi connectivity index (χ0) is 9.36. The van der Waals surface area contributed by atoms with Crippen LogP contribution in [0.4, 0.5) is 0 Å². The standard InChI is InChI=1S/C8H17N5/c1-2-3-10-12-11-8-13-6-4-9-5-7-13/h2,8-10,12H,1,3-7H2. The molecular weight excluding hydrogens is 166 g/mol. The van der Waals surface area contributed by atoms with Gasteiger partial charge >= 0.3 is 0 Å². The maximum Gasteiger partial charge on any atom is 0.112 e. The molecule has 0 bridgehead atoms. The molecule has 13 heavy (non-hydrogen) atoms. The van der Waals surface area contributed by atoms with Crippen LogP contribution in [0.2, 0.25) is 0 Å². The van der Waals surface area contributed by atoms with Gasteiger partial charge in [0.2, 0.25) is 0 Å². The minimum atomic E-state index is 0.707. The lowest BCUT2D eigenvalue weighted by Crippen LogP contribution is -2.43. The van der Waals surface area contributed by atoms with Crippen LogP contribution in [0, 0.1) is 0 Å². The van der Waals surface area contributed by atoms with Gasteiger partial charge in [0.1, 0.15) is 6.34 Å². The maximum atomic E-state index is 4.00. The van der Waals surface area contributed by atoms with Gasteiger partial charge in [0.25, 0.3) is 0 Å². The smallest absolute Gasteiger partial charge is 0.112 e. The number of rotatable bonds is 5. The Labute approximate surface area is 78.8 Å². The van der Waals surface area contributed by atoms with Gasteiger partial charge in [0, 0.05) is 32.7 Å². The molecule has 0 aromatic carbocycles. The number of hydrogen-bond acceptors (Lipinski definition) is 4. The molecule has 0 unspecified atom stereocenters. The Morgan fingerprint density at radius 3 is 2.92 bits per heavy atom. The SMILES string of the molecule is C=CCNNN=CN1CCNCC1. The summed E-state index contributed by atoms with van der Waals surface area (Å²) in [4.78, 5) is 2.17. The lowest BCUT2D eigenvalue weighted by Gasteiger charge is -2.24. The van der Waals surface area contributed by atoms with E-state index in [2.05, 4.69) is 32.9 Å². The first-order chi connectivity index (χ1) is 6.43. The summed E-state index contributed by atoms with van der Waals surface area (Å²) in [7, 11) is 0. The molecule has 0 aromatic rings. The van der Waals surface area contributed by atoms with Crippen molar-refractivity contribution < 1.29 is 0 Å². The van der Waals surface area contributed by atoms with Gasteiger partial charge in [-0.25, -0.2) is 11.0 Å². The van der Waals surface area contributed by atoms with Crippen molar-refractivity contribution in [2.24, 2.45) is 5.10 Å². The summed E-state index contributed by atoms with van der Waals surface area (Å²) in [5.74, 6) is 0. The normalized spacial score (nSPS) is 17.7. The van der Waals surface area contributed by atoms with Crippen molar-refractivity contribution in [2.45, 2.75) is 0 Å². The number of hydrazine groups is 1. The molecule has 3 N–H and O–H groups in total. The average molecular weight is 183 g/mol. The van der Waals surface area contributed by atoms with Crippen molar-refractivity contribution in [3.8, 4) is 0 Å². The van der Waals surface area contributed by atoms with Crippen molar-refractivity contribution >= 4 is 6.34 Å². The topological polar surface area (TPSA) is 51.7 Å². The van der Waals surface area contributed by atoms with Crippen LogP contribution in [0.1, 0.15) is 0 Å². The molecule has 0 spiro atoms. The van der Waals surface area contributed by atoms with Gasteiger partial charge in [0.15, 0.2) is 0 Å². The van der Waals surface area contributed by atoms with Gasteiger partial charge in [0.05, 0.1) is 0 Å². The number of nitrogens with one attached hydrogen (secondary N) is 3.